The number of hydrogen-bond acceptors (Lipinski definition) is 3. The Balaban J connectivity index is 2.51. The molecule has 6 heteroatoms. The monoisotopic (exact) mass is 440 g/mol. The van der Waals surface area contributed by atoms with Crippen LogP contribution < -0.4 is 4.74 Å². The highest BCUT2D eigenvalue weighted by atomic mass is 79.9. The molecule has 0 bridgehead atoms. The zero-order valence-electron chi connectivity index (χ0n) is 9.31. The number of alkyl halides is 3. The van der Waals surface area contributed by atoms with Crippen LogP contribution in [0, 0.1) is 0 Å². The van der Waals surface area contributed by atoms with Crippen LogP contribution in [-0.2, 0) is 9.53 Å². The van der Waals surface area contributed by atoms with Gasteiger partial charge in [0.05, 0.1) is 0 Å². The standard InChI is InChI=1S/C12H11Br3O3/c1-2-11(16)18-12(14,15)10(13)8-17-9-6-4-3-5-7-9/h2-7,10H,1,8H2. The summed E-state index contributed by atoms with van der Waals surface area (Å²) in [5.41, 5.74) is 0. The SMILES string of the molecule is C=CC(=O)OC(Br)(Br)C(Br)COc1ccccc1. The van der Waals surface area contributed by atoms with Gasteiger partial charge in [-0.1, -0.05) is 40.7 Å². The zero-order chi connectivity index (χ0) is 13.6. The molecule has 0 N–H and O–H groups in total. The van der Waals surface area contributed by atoms with Gasteiger partial charge in [0.15, 0.2) is 0 Å². The molecule has 0 heterocycles. The summed E-state index contributed by atoms with van der Waals surface area (Å²) in [7, 11) is 0. The van der Waals surface area contributed by atoms with Crippen molar-refractivity contribution in [3.63, 3.8) is 0 Å². The minimum Gasteiger partial charge on any atom is -0.492 e. The molecule has 0 aliphatic rings. The van der Waals surface area contributed by atoms with Gasteiger partial charge in [0.1, 0.15) is 17.2 Å². The van der Waals surface area contributed by atoms with Crippen molar-refractivity contribution < 1.29 is 14.3 Å². The van der Waals surface area contributed by atoms with Gasteiger partial charge in [-0.15, -0.1) is 0 Å². The van der Waals surface area contributed by atoms with Crippen LogP contribution in [0.25, 0.3) is 0 Å². The normalized spacial score (nSPS) is 12.6. The van der Waals surface area contributed by atoms with Crippen molar-refractivity contribution in [3.05, 3.63) is 43.0 Å². The zero-order valence-corrected chi connectivity index (χ0v) is 14.1. The van der Waals surface area contributed by atoms with E-state index in [9.17, 15) is 4.79 Å². The predicted molar refractivity (Wildman–Crippen MR) is 81.5 cm³/mol. The molecule has 0 saturated carbocycles. The first kappa shape index (κ1) is 15.7. The van der Waals surface area contributed by atoms with Crippen molar-refractivity contribution in [2.24, 2.45) is 0 Å². The lowest BCUT2D eigenvalue weighted by atomic mass is 10.3. The summed E-state index contributed by atoms with van der Waals surface area (Å²) in [6.07, 6.45) is 1.09. The third kappa shape index (κ3) is 5.12. The van der Waals surface area contributed by atoms with Gasteiger partial charge in [0.25, 0.3) is 0 Å². The molecular weight excluding hydrogens is 432 g/mol. The highest BCUT2D eigenvalue weighted by Crippen LogP contribution is 2.36. The number of rotatable bonds is 6. The fraction of sp³-hybridized carbons (Fsp3) is 0.250. The first-order chi connectivity index (χ1) is 8.45. The van der Waals surface area contributed by atoms with E-state index in [0.717, 1.165) is 11.8 Å². The van der Waals surface area contributed by atoms with Crippen LogP contribution in [0.5, 0.6) is 5.75 Å². The second kappa shape index (κ2) is 7.31. The third-order valence-corrected chi connectivity index (χ3v) is 5.47. The molecule has 0 fully saturated rings. The van der Waals surface area contributed by atoms with Crippen LogP contribution in [0.1, 0.15) is 0 Å². The first-order valence-electron chi connectivity index (χ1n) is 5.01. The van der Waals surface area contributed by atoms with E-state index in [2.05, 4.69) is 54.4 Å². The summed E-state index contributed by atoms with van der Waals surface area (Å²) in [4.78, 5) is 10.9. The second-order valence-electron chi connectivity index (χ2n) is 3.28. The maximum absolute atomic E-state index is 11.1. The molecule has 0 amide bonds. The van der Waals surface area contributed by atoms with Crippen molar-refractivity contribution in [2.45, 2.75) is 8.25 Å². The molecule has 0 aliphatic heterocycles. The van der Waals surface area contributed by atoms with E-state index in [0.29, 0.717) is 6.61 Å². The molecule has 1 aromatic carbocycles. The number of hydrogen-bond donors (Lipinski definition) is 0. The number of ether oxygens (including phenoxy) is 2. The molecule has 18 heavy (non-hydrogen) atoms. The van der Waals surface area contributed by atoms with Crippen molar-refractivity contribution in [3.8, 4) is 5.75 Å². The lowest BCUT2D eigenvalue weighted by Crippen LogP contribution is -2.34. The predicted octanol–water partition coefficient (Wildman–Crippen LogP) is 4.00. The Bertz CT molecular complexity index is 406. The molecule has 0 aliphatic carbocycles. The van der Waals surface area contributed by atoms with E-state index in [1.165, 1.54) is 0 Å². The molecule has 0 saturated heterocycles. The lowest BCUT2D eigenvalue weighted by Gasteiger charge is -2.25. The highest BCUT2D eigenvalue weighted by Gasteiger charge is 2.36. The van der Waals surface area contributed by atoms with Gasteiger partial charge in [0, 0.05) is 6.08 Å². The van der Waals surface area contributed by atoms with Gasteiger partial charge in [0.2, 0.25) is 3.42 Å². The topological polar surface area (TPSA) is 35.5 Å². The van der Waals surface area contributed by atoms with E-state index >= 15 is 0 Å². The Hall–Kier alpha value is -0.330. The van der Waals surface area contributed by atoms with Gasteiger partial charge in [-0.05, 0) is 44.0 Å². The Morgan fingerprint density at radius 3 is 2.56 bits per heavy atom. The molecular formula is C12H11Br3O3. The van der Waals surface area contributed by atoms with Crippen LogP contribution in [-0.4, -0.2) is 20.8 Å². The molecule has 1 rings (SSSR count). The average Bonchev–Trinajstić information content (AvgIpc) is 2.36. The summed E-state index contributed by atoms with van der Waals surface area (Å²) in [6, 6.07) is 9.36. The fourth-order valence-electron chi connectivity index (χ4n) is 1.02. The second-order valence-corrected chi connectivity index (χ2v) is 7.80. The third-order valence-electron chi connectivity index (χ3n) is 1.91. The smallest absolute Gasteiger partial charge is 0.332 e. The van der Waals surface area contributed by atoms with Crippen LogP contribution in [0.15, 0.2) is 43.0 Å². The van der Waals surface area contributed by atoms with E-state index < -0.39 is 9.39 Å². The summed E-state index contributed by atoms with van der Waals surface area (Å²) in [5, 5.41) is 0. The summed E-state index contributed by atoms with van der Waals surface area (Å²) < 4.78 is 9.59. The van der Waals surface area contributed by atoms with Crippen LogP contribution in [0.3, 0.4) is 0 Å². The lowest BCUT2D eigenvalue weighted by molar-refractivity contribution is -0.140. The van der Waals surface area contributed by atoms with Crippen LogP contribution in [0.2, 0.25) is 0 Å². The average molecular weight is 443 g/mol. The van der Waals surface area contributed by atoms with Crippen LogP contribution in [0.4, 0.5) is 0 Å². The maximum atomic E-state index is 11.1. The molecule has 1 atom stereocenters. The number of carbonyl (C=O) groups excluding carboxylic acids is 1. The molecule has 98 valence electrons. The Morgan fingerprint density at radius 1 is 1.39 bits per heavy atom. The van der Waals surface area contributed by atoms with Crippen molar-refractivity contribution in [1.29, 1.82) is 0 Å². The molecule has 1 unspecified atom stereocenters. The quantitative estimate of drug-likeness (QED) is 0.379. The fourth-order valence-corrected chi connectivity index (χ4v) is 1.83. The number of para-hydroxylation sites is 1. The van der Waals surface area contributed by atoms with E-state index in [-0.39, 0.29) is 4.83 Å². The summed E-state index contributed by atoms with van der Waals surface area (Å²) >= 11 is 9.91. The number of carbonyl (C=O) groups is 1. The van der Waals surface area contributed by atoms with Crippen molar-refractivity contribution >= 4 is 53.8 Å². The van der Waals surface area contributed by atoms with Crippen molar-refractivity contribution in [1.82, 2.24) is 0 Å². The summed E-state index contributed by atoms with van der Waals surface area (Å²) in [5.74, 6) is 0.209. The molecule has 1 aromatic rings. The number of halogens is 3. The minimum absolute atomic E-state index is 0.283. The Labute approximate surface area is 131 Å². The van der Waals surface area contributed by atoms with E-state index in [1.54, 1.807) is 0 Å². The van der Waals surface area contributed by atoms with E-state index in [1.807, 2.05) is 30.3 Å². The number of esters is 1. The number of benzene rings is 1. The Kier molecular flexibility index (Phi) is 6.38. The van der Waals surface area contributed by atoms with E-state index in [4.69, 9.17) is 9.47 Å². The maximum Gasteiger partial charge on any atom is 0.332 e. The largest absolute Gasteiger partial charge is 0.492 e. The minimum atomic E-state index is -1.04. The van der Waals surface area contributed by atoms with Gasteiger partial charge in [-0.2, -0.15) is 0 Å². The molecule has 0 spiro atoms. The van der Waals surface area contributed by atoms with Crippen LogP contribution >= 0.6 is 47.8 Å². The highest BCUT2D eigenvalue weighted by molar-refractivity contribution is 9.26. The van der Waals surface area contributed by atoms with Gasteiger partial charge in [-0.25, -0.2) is 4.79 Å². The van der Waals surface area contributed by atoms with Gasteiger partial charge >= 0.3 is 5.97 Å². The van der Waals surface area contributed by atoms with Gasteiger partial charge < -0.3 is 9.47 Å². The molecule has 3 nitrogen and oxygen atoms in total. The van der Waals surface area contributed by atoms with Gasteiger partial charge in [-0.3, -0.25) is 0 Å². The van der Waals surface area contributed by atoms with Crippen molar-refractivity contribution in [2.75, 3.05) is 6.61 Å². The molecule has 0 radical (unpaired) electrons. The first-order valence-corrected chi connectivity index (χ1v) is 7.51. The Morgan fingerprint density at radius 2 is 2.00 bits per heavy atom. The molecule has 0 aromatic heterocycles. The summed E-state index contributed by atoms with van der Waals surface area (Å²) in [6.45, 7) is 3.65.